The summed E-state index contributed by atoms with van der Waals surface area (Å²) in [6.07, 6.45) is 1.51. The number of thiazole rings is 1. The molecule has 0 aliphatic carbocycles. The van der Waals surface area contributed by atoms with Crippen molar-refractivity contribution in [2.45, 2.75) is 31.6 Å². The number of hydrogen-bond acceptors (Lipinski definition) is 7. The normalized spacial score (nSPS) is 14.6. The number of carbonyl (C=O) groups excluding carboxylic acids is 1. The minimum Gasteiger partial charge on any atom is -0.494 e. The summed E-state index contributed by atoms with van der Waals surface area (Å²) >= 11 is 1.62. The van der Waals surface area contributed by atoms with Crippen molar-refractivity contribution in [3.63, 3.8) is 0 Å². The van der Waals surface area contributed by atoms with Gasteiger partial charge in [0.1, 0.15) is 11.3 Å². The zero-order valence-electron chi connectivity index (χ0n) is 20.4. The summed E-state index contributed by atoms with van der Waals surface area (Å²) in [5.74, 6) is 0.676. The number of benzene rings is 2. The maximum Gasteiger partial charge on any atom is 0.253 e. The largest absolute Gasteiger partial charge is 0.494 e. The second-order valence-corrected chi connectivity index (χ2v) is 11.5. The minimum atomic E-state index is -3.56. The lowest BCUT2D eigenvalue weighted by atomic mass is 10.2. The number of ether oxygens (including phenoxy) is 1. The highest BCUT2D eigenvalue weighted by Crippen LogP contribution is 2.34. The van der Waals surface area contributed by atoms with Crippen molar-refractivity contribution in [3.05, 3.63) is 48.0 Å². The summed E-state index contributed by atoms with van der Waals surface area (Å²) in [5, 5.41) is 0.926. The van der Waals surface area contributed by atoms with Gasteiger partial charge in [0.2, 0.25) is 10.0 Å². The quantitative estimate of drug-likeness (QED) is 0.426. The Hall–Kier alpha value is -2.69. The van der Waals surface area contributed by atoms with Gasteiger partial charge in [0.15, 0.2) is 5.13 Å². The number of piperazine rings is 1. The predicted octanol–water partition coefficient (Wildman–Crippen LogP) is 4.08. The first kappa shape index (κ1) is 25.4. The van der Waals surface area contributed by atoms with Crippen molar-refractivity contribution in [2.75, 3.05) is 51.3 Å². The van der Waals surface area contributed by atoms with Gasteiger partial charge in [-0.25, -0.2) is 13.4 Å². The van der Waals surface area contributed by atoms with Crippen molar-refractivity contribution < 1.29 is 17.9 Å². The van der Waals surface area contributed by atoms with Crippen LogP contribution in [0.2, 0.25) is 0 Å². The zero-order chi connectivity index (χ0) is 25.0. The molecule has 1 saturated heterocycles. The second kappa shape index (κ2) is 10.9. The first-order valence-electron chi connectivity index (χ1n) is 12.0. The van der Waals surface area contributed by atoms with E-state index in [-0.39, 0.29) is 10.8 Å². The van der Waals surface area contributed by atoms with E-state index in [0.717, 1.165) is 33.9 Å². The first-order chi connectivity index (χ1) is 16.9. The summed E-state index contributed by atoms with van der Waals surface area (Å²) in [6.45, 7) is 7.43. The molecule has 35 heavy (non-hydrogen) atoms. The number of carbonyl (C=O) groups is 1. The van der Waals surface area contributed by atoms with E-state index in [0.29, 0.717) is 44.8 Å². The SMILES string of the molecule is CCCN(CCC)S(=O)(=O)c1ccc(C(=O)N2CCN(c3nc4c(OC)cccc4s3)CC2)cc1. The van der Waals surface area contributed by atoms with Gasteiger partial charge < -0.3 is 14.5 Å². The predicted molar refractivity (Wildman–Crippen MR) is 140 cm³/mol. The van der Waals surface area contributed by atoms with Crippen LogP contribution in [0.4, 0.5) is 5.13 Å². The Kier molecular flexibility index (Phi) is 7.93. The summed E-state index contributed by atoms with van der Waals surface area (Å²) < 4.78 is 34.0. The van der Waals surface area contributed by atoms with Crippen LogP contribution in [0.15, 0.2) is 47.4 Å². The van der Waals surface area contributed by atoms with Crippen molar-refractivity contribution in [1.82, 2.24) is 14.2 Å². The van der Waals surface area contributed by atoms with E-state index >= 15 is 0 Å². The molecule has 1 aliphatic rings. The maximum absolute atomic E-state index is 13.1. The van der Waals surface area contributed by atoms with Crippen molar-refractivity contribution >= 4 is 42.6 Å². The van der Waals surface area contributed by atoms with Crippen LogP contribution < -0.4 is 9.64 Å². The lowest BCUT2D eigenvalue weighted by Crippen LogP contribution is -2.48. The van der Waals surface area contributed by atoms with Crippen LogP contribution in [0.3, 0.4) is 0 Å². The topological polar surface area (TPSA) is 83.1 Å². The highest BCUT2D eigenvalue weighted by atomic mass is 32.2. The molecule has 10 heteroatoms. The minimum absolute atomic E-state index is 0.0847. The standard InChI is InChI=1S/C25H32N4O4S2/c1-4-13-29(14-5-2)35(31,32)20-11-9-19(10-12-20)24(30)27-15-17-28(18-16-27)25-26-23-21(33-3)7-6-8-22(23)34-25/h6-12H,4-5,13-18H2,1-3H3. The van der Waals surface area contributed by atoms with Gasteiger partial charge in [-0.3, -0.25) is 4.79 Å². The molecule has 0 spiro atoms. The van der Waals surface area contributed by atoms with Crippen LogP contribution in [-0.2, 0) is 10.0 Å². The fourth-order valence-electron chi connectivity index (χ4n) is 4.26. The Balaban J connectivity index is 1.41. The average molecular weight is 517 g/mol. The molecule has 0 radical (unpaired) electrons. The third-order valence-electron chi connectivity index (χ3n) is 6.11. The molecular weight excluding hydrogens is 484 g/mol. The molecule has 1 aliphatic heterocycles. The molecule has 0 N–H and O–H groups in total. The third kappa shape index (κ3) is 5.29. The summed E-state index contributed by atoms with van der Waals surface area (Å²) in [6, 6.07) is 12.2. The molecule has 0 atom stereocenters. The lowest BCUT2D eigenvalue weighted by molar-refractivity contribution is 0.0746. The number of rotatable bonds is 9. The second-order valence-electron chi connectivity index (χ2n) is 8.51. The number of amides is 1. The molecule has 4 rings (SSSR count). The van der Waals surface area contributed by atoms with Crippen LogP contribution in [0.5, 0.6) is 5.75 Å². The Morgan fingerprint density at radius 3 is 2.29 bits per heavy atom. The maximum atomic E-state index is 13.1. The van der Waals surface area contributed by atoms with Crippen LogP contribution in [0.25, 0.3) is 10.2 Å². The van der Waals surface area contributed by atoms with E-state index in [1.807, 2.05) is 36.9 Å². The number of hydrogen-bond donors (Lipinski definition) is 0. The smallest absolute Gasteiger partial charge is 0.253 e. The van der Waals surface area contributed by atoms with E-state index in [4.69, 9.17) is 9.72 Å². The van der Waals surface area contributed by atoms with Gasteiger partial charge in [-0.15, -0.1) is 0 Å². The van der Waals surface area contributed by atoms with Crippen LogP contribution in [0, 0.1) is 0 Å². The van der Waals surface area contributed by atoms with Crippen LogP contribution in [0.1, 0.15) is 37.0 Å². The van der Waals surface area contributed by atoms with E-state index in [2.05, 4.69) is 4.90 Å². The Bertz CT molecular complexity index is 1260. The van der Waals surface area contributed by atoms with Crippen molar-refractivity contribution in [2.24, 2.45) is 0 Å². The molecule has 0 unspecified atom stereocenters. The molecule has 1 amide bonds. The van der Waals surface area contributed by atoms with E-state index in [1.165, 1.54) is 4.31 Å². The molecule has 2 heterocycles. The molecular formula is C25H32N4O4S2. The van der Waals surface area contributed by atoms with Crippen LogP contribution >= 0.6 is 11.3 Å². The highest BCUT2D eigenvalue weighted by molar-refractivity contribution is 7.89. The highest BCUT2D eigenvalue weighted by Gasteiger charge is 2.26. The number of para-hydroxylation sites is 1. The third-order valence-corrected chi connectivity index (χ3v) is 9.11. The van der Waals surface area contributed by atoms with Gasteiger partial charge in [-0.05, 0) is 49.2 Å². The lowest BCUT2D eigenvalue weighted by Gasteiger charge is -2.34. The van der Waals surface area contributed by atoms with Gasteiger partial charge in [-0.2, -0.15) is 4.31 Å². The van der Waals surface area contributed by atoms with Gasteiger partial charge >= 0.3 is 0 Å². The Morgan fingerprint density at radius 2 is 1.69 bits per heavy atom. The molecule has 188 valence electrons. The van der Waals surface area contributed by atoms with Crippen molar-refractivity contribution in [1.29, 1.82) is 0 Å². The summed E-state index contributed by atoms with van der Waals surface area (Å²) in [4.78, 5) is 22.1. The Labute approximate surface area is 211 Å². The molecule has 0 saturated carbocycles. The van der Waals surface area contributed by atoms with Gasteiger partial charge in [0.25, 0.3) is 5.91 Å². The van der Waals surface area contributed by atoms with E-state index < -0.39 is 10.0 Å². The zero-order valence-corrected chi connectivity index (χ0v) is 22.1. The summed E-state index contributed by atoms with van der Waals surface area (Å²) in [5.41, 5.74) is 1.36. The number of aromatic nitrogens is 1. The number of nitrogens with zero attached hydrogens (tertiary/aromatic N) is 4. The van der Waals surface area contributed by atoms with Crippen molar-refractivity contribution in [3.8, 4) is 5.75 Å². The van der Waals surface area contributed by atoms with E-state index in [9.17, 15) is 13.2 Å². The molecule has 1 fully saturated rings. The first-order valence-corrected chi connectivity index (χ1v) is 14.2. The van der Waals surface area contributed by atoms with E-state index in [1.54, 1.807) is 42.7 Å². The number of methoxy groups -OCH3 is 1. The van der Waals surface area contributed by atoms with Gasteiger partial charge in [0.05, 0.1) is 16.7 Å². The van der Waals surface area contributed by atoms with Gasteiger partial charge in [-0.1, -0.05) is 31.3 Å². The van der Waals surface area contributed by atoms with Crippen LogP contribution in [-0.4, -0.2) is 74.9 Å². The molecule has 0 bridgehead atoms. The fraction of sp³-hybridized carbons (Fsp3) is 0.440. The average Bonchev–Trinajstić information content (AvgIpc) is 3.33. The summed E-state index contributed by atoms with van der Waals surface area (Å²) in [7, 11) is -1.91. The number of anilines is 1. The van der Waals surface area contributed by atoms with Gasteiger partial charge in [0, 0.05) is 44.8 Å². The Morgan fingerprint density at radius 1 is 1.03 bits per heavy atom. The molecule has 1 aromatic heterocycles. The number of fused-ring (bicyclic) bond motifs is 1. The molecule has 8 nitrogen and oxygen atoms in total. The number of sulfonamides is 1. The molecule has 3 aromatic rings. The molecule has 2 aromatic carbocycles. The monoisotopic (exact) mass is 516 g/mol. The fourth-order valence-corrected chi connectivity index (χ4v) is 6.92.